The van der Waals surface area contributed by atoms with E-state index in [4.69, 9.17) is 5.26 Å². The van der Waals surface area contributed by atoms with Crippen molar-refractivity contribution in [3.63, 3.8) is 0 Å². The van der Waals surface area contributed by atoms with Crippen LogP contribution in [0.4, 0.5) is 5.69 Å². The highest BCUT2D eigenvalue weighted by Gasteiger charge is 2.01. The SMILES string of the molecule is Cc1ccc(NCCC(C)C)c(C#N)c1. The molecule has 0 atom stereocenters. The molecule has 0 saturated heterocycles. The van der Waals surface area contributed by atoms with Crippen LogP contribution >= 0.6 is 0 Å². The van der Waals surface area contributed by atoms with Crippen molar-refractivity contribution in [2.75, 3.05) is 11.9 Å². The Morgan fingerprint density at radius 3 is 2.73 bits per heavy atom. The second-order valence-corrected chi connectivity index (χ2v) is 4.27. The quantitative estimate of drug-likeness (QED) is 0.813. The standard InChI is InChI=1S/C13H18N2/c1-10(2)6-7-15-13-5-4-11(3)8-12(13)9-14/h4-5,8,10,15H,6-7H2,1-3H3. The first kappa shape index (κ1) is 11.6. The van der Waals surface area contributed by atoms with Crippen LogP contribution in [0.5, 0.6) is 0 Å². The molecule has 0 amide bonds. The number of hydrogen-bond acceptors (Lipinski definition) is 2. The Bertz CT molecular complexity index is 361. The number of aryl methyl sites for hydroxylation is 1. The van der Waals surface area contributed by atoms with Gasteiger partial charge in [-0.2, -0.15) is 5.26 Å². The number of nitrogens with zero attached hydrogens (tertiary/aromatic N) is 1. The highest BCUT2D eigenvalue weighted by molar-refractivity contribution is 5.58. The molecule has 0 heterocycles. The van der Waals surface area contributed by atoms with Gasteiger partial charge in [-0.25, -0.2) is 0 Å². The predicted molar refractivity (Wildman–Crippen MR) is 63.8 cm³/mol. The zero-order valence-electron chi connectivity index (χ0n) is 9.67. The summed E-state index contributed by atoms with van der Waals surface area (Å²) in [5.41, 5.74) is 2.81. The third-order valence-electron chi connectivity index (χ3n) is 2.33. The van der Waals surface area contributed by atoms with Crippen LogP contribution in [-0.2, 0) is 0 Å². The molecule has 0 fully saturated rings. The Balaban J connectivity index is 2.65. The second-order valence-electron chi connectivity index (χ2n) is 4.27. The van der Waals surface area contributed by atoms with Crippen LogP contribution < -0.4 is 5.32 Å². The zero-order chi connectivity index (χ0) is 11.3. The van der Waals surface area contributed by atoms with Gasteiger partial charge in [0.2, 0.25) is 0 Å². The Morgan fingerprint density at radius 2 is 2.13 bits per heavy atom. The van der Waals surface area contributed by atoms with Gasteiger partial charge in [-0.1, -0.05) is 19.9 Å². The van der Waals surface area contributed by atoms with E-state index in [1.54, 1.807) is 0 Å². The van der Waals surface area contributed by atoms with Gasteiger partial charge >= 0.3 is 0 Å². The van der Waals surface area contributed by atoms with E-state index in [1.165, 1.54) is 0 Å². The molecule has 0 aliphatic rings. The second kappa shape index (κ2) is 5.41. The number of hydrogen-bond donors (Lipinski definition) is 1. The number of anilines is 1. The summed E-state index contributed by atoms with van der Waals surface area (Å²) in [5.74, 6) is 0.688. The fourth-order valence-corrected chi connectivity index (χ4v) is 1.40. The van der Waals surface area contributed by atoms with E-state index in [1.807, 2.05) is 25.1 Å². The molecule has 0 aliphatic heterocycles. The Labute approximate surface area is 91.9 Å². The van der Waals surface area contributed by atoms with E-state index in [2.05, 4.69) is 25.2 Å². The fraction of sp³-hybridized carbons (Fsp3) is 0.462. The van der Waals surface area contributed by atoms with E-state index in [0.29, 0.717) is 5.92 Å². The highest BCUT2D eigenvalue weighted by atomic mass is 14.9. The normalized spacial score (nSPS) is 10.1. The molecule has 0 saturated carbocycles. The summed E-state index contributed by atoms with van der Waals surface area (Å²) in [6, 6.07) is 8.13. The van der Waals surface area contributed by atoms with Crippen LogP contribution in [0.3, 0.4) is 0 Å². The van der Waals surface area contributed by atoms with Crippen molar-refractivity contribution in [2.45, 2.75) is 27.2 Å². The number of nitrogens with one attached hydrogen (secondary N) is 1. The first-order valence-corrected chi connectivity index (χ1v) is 5.38. The summed E-state index contributed by atoms with van der Waals surface area (Å²) < 4.78 is 0. The topological polar surface area (TPSA) is 35.8 Å². The molecule has 0 aliphatic carbocycles. The van der Waals surface area contributed by atoms with Gasteiger partial charge in [-0.05, 0) is 37.0 Å². The molecule has 1 rings (SSSR count). The summed E-state index contributed by atoms with van der Waals surface area (Å²) in [5, 5.41) is 12.3. The molecule has 0 unspecified atom stereocenters. The lowest BCUT2D eigenvalue weighted by atomic mass is 10.1. The van der Waals surface area contributed by atoms with Gasteiger partial charge in [0, 0.05) is 6.54 Å². The molecule has 0 radical (unpaired) electrons. The van der Waals surface area contributed by atoms with E-state index in [0.717, 1.165) is 29.8 Å². The van der Waals surface area contributed by atoms with Gasteiger partial charge in [-0.3, -0.25) is 0 Å². The minimum Gasteiger partial charge on any atom is -0.384 e. The van der Waals surface area contributed by atoms with E-state index in [-0.39, 0.29) is 0 Å². The van der Waals surface area contributed by atoms with Gasteiger partial charge in [-0.15, -0.1) is 0 Å². The van der Waals surface area contributed by atoms with Crippen LogP contribution in [0.25, 0.3) is 0 Å². The van der Waals surface area contributed by atoms with Crippen molar-refractivity contribution in [3.8, 4) is 6.07 Å². The van der Waals surface area contributed by atoms with Gasteiger partial charge in [0.25, 0.3) is 0 Å². The van der Waals surface area contributed by atoms with Crippen molar-refractivity contribution in [3.05, 3.63) is 29.3 Å². The van der Waals surface area contributed by atoms with Gasteiger partial charge in [0.1, 0.15) is 6.07 Å². The molecule has 0 aromatic heterocycles. The first-order valence-electron chi connectivity index (χ1n) is 5.38. The fourth-order valence-electron chi connectivity index (χ4n) is 1.40. The summed E-state index contributed by atoms with van der Waals surface area (Å²) in [4.78, 5) is 0. The van der Waals surface area contributed by atoms with Gasteiger partial charge in [0.05, 0.1) is 11.3 Å². The maximum atomic E-state index is 8.96. The number of rotatable bonds is 4. The number of benzene rings is 1. The molecule has 0 spiro atoms. The van der Waals surface area contributed by atoms with E-state index < -0.39 is 0 Å². The van der Waals surface area contributed by atoms with E-state index >= 15 is 0 Å². The minimum absolute atomic E-state index is 0.688. The van der Waals surface area contributed by atoms with Crippen LogP contribution in [0.2, 0.25) is 0 Å². The lowest BCUT2D eigenvalue weighted by molar-refractivity contribution is 0.607. The summed E-state index contributed by atoms with van der Waals surface area (Å²) in [6.45, 7) is 7.32. The van der Waals surface area contributed by atoms with Crippen LogP contribution in [0.1, 0.15) is 31.4 Å². The van der Waals surface area contributed by atoms with Crippen molar-refractivity contribution in [1.29, 1.82) is 5.26 Å². The molecule has 0 bridgehead atoms. The van der Waals surface area contributed by atoms with Crippen LogP contribution in [-0.4, -0.2) is 6.54 Å². The van der Waals surface area contributed by atoms with Gasteiger partial charge < -0.3 is 5.32 Å². The first-order chi connectivity index (χ1) is 7.13. The largest absolute Gasteiger partial charge is 0.384 e. The summed E-state index contributed by atoms with van der Waals surface area (Å²) >= 11 is 0. The van der Waals surface area contributed by atoms with Crippen molar-refractivity contribution in [2.24, 2.45) is 5.92 Å². The van der Waals surface area contributed by atoms with E-state index in [9.17, 15) is 0 Å². The molecule has 2 nitrogen and oxygen atoms in total. The van der Waals surface area contributed by atoms with Crippen LogP contribution in [0, 0.1) is 24.2 Å². The average molecular weight is 202 g/mol. The highest BCUT2D eigenvalue weighted by Crippen LogP contribution is 2.16. The average Bonchev–Trinajstić information content (AvgIpc) is 2.19. The predicted octanol–water partition coefficient (Wildman–Crippen LogP) is 3.32. The van der Waals surface area contributed by atoms with Crippen LogP contribution in [0.15, 0.2) is 18.2 Å². The minimum atomic E-state index is 0.688. The van der Waals surface area contributed by atoms with Crippen molar-refractivity contribution >= 4 is 5.69 Å². The maximum absolute atomic E-state index is 8.96. The molecule has 80 valence electrons. The van der Waals surface area contributed by atoms with Crippen molar-refractivity contribution in [1.82, 2.24) is 0 Å². The monoisotopic (exact) mass is 202 g/mol. The lowest BCUT2D eigenvalue weighted by Gasteiger charge is -2.10. The Kier molecular flexibility index (Phi) is 4.17. The maximum Gasteiger partial charge on any atom is 0.101 e. The Hall–Kier alpha value is -1.49. The summed E-state index contributed by atoms with van der Waals surface area (Å²) in [7, 11) is 0. The molecule has 15 heavy (non-hydrogen) atoms. The molecule has 1 aromatic rings. The molecule has 1 aromatic carbocycles. The number of nitriles is 1. The molecular formula is C13H18N2. The third kappa shape index (κ3) is 3.63. The zero-order valence-corrected chi connectivity index (χ0v) is 9.67. The Morgan fingerprint density at radius 1 is 1.40 bits per heavy atom. The van der Waals surface area contributed by atoms with Crippen molar-refractivity contribution < 1.29 is 0 Å². The molecule has 2 heteroatoms. The third-order valence-corrected chi connectivity index (χ3v) is 2.33. The molecule has 1 N–H and O–H groups in total. The lowest BCUT2D eigenvalue weighted by Crippen LogP contribution is -2.06. The summed E-state index contributed by atoms with van der Waals surface area (Å²) in [6.07, 6.45) is 1.12. The smallest absolute Gasteiger partial charge is 0.101 e. The van der Waals surface area contributed by atoms with Gasteiger partial charge in [0.15, 0.2) is 0 Å². The molecular weight excluding hydrogens is 184 g/mol.